The van der Waals surface area contributed by atoms with Crippen LogP contribution in [-0.4, -0.2) is 41.3 Å². The Labute approximate surface area is 104 Å². The van der Waals surface area contributed by atoms with Gasteiger partial charge < -0.3 is 20.3 Å². The maximum Gasteiger partial charge on any atom is 0.334 e. The van der Waals surface area contributed by atoms with E-state index in [0.29, 0.717) is 5.75 Å². The third-order valence-electron chi connectivity index (χ3n) is 2.17. The zero-order chi connectivity index (χ0) is 13.5. The molecule has 1 atom stereocenters. The summed E-state index contributed by atoms with van der Waals surface area (Å²) >= 11 is 0. The van der Waals surface area contributed by atoms with Gasteiger partial charge in [0.1, 0.15) is 5.75 Å². The molecule has 1 unspecified atom stereocenters. The molecule has 0 saturated heterocycles. The first-order chi connectivity index (χ1) is 8.49. The van der Waals surface area contributed by atoms with Crippen molar-refractivity contribution >= 4 is 11.9 Å². The molecule has 3 N–H and O–H groups in total. The van der Waals surface area contributed by atoms with Crippen LogP contribution in [0.5, 0.6) is 5.75 Å². The summed E-state index contributed by atoms with van der Waals surface area (Å²) in [5.74, 6) is -1.32. The van der Waals surface area contributed by atoms with Gasteiger partial charge in [-0.05, 0) is 19.1 Å². The Morgan fingerprint density at radius 3 is 2.50 bits per heavy atom. The number of aliphatic hydroxyl groups excluding tert-OH is 1. The summed E-state index contributed by atoms with van der Waals surface area (Å²) in [5, 5.41) is 19.6. The predicted octanol–water partition coefficient (Wildman–Crippen LogP) is -0.0645. The second-order valence-corrected chi connectivity index (χ2v) is 3.76. The molecule has 1 aromatic carbocycles. The smallest absolute Gasteiger partial charge is 0.334 e. The van der Waals surface area contributed by atoms with Crippen molar-refractivity contribution in [1.29, 1.82) is 0 Å². The van der Waals surface area contributed by atoms with E-state index in [9.17, 15) is 9.59 Å². The zero-order valence-corrected chi connectivity index (χ0v) is 9.92. The number of ether oxygens (including phenoxy) is 1. The van der Waals surface area contributed by atoms with Gasteiger partial charge in [-0.1, -0.05) is 17.7 Å². The quantitative estimate of drug-likeness (QED) is 0.660. The number of carbonyl (C=O) groups is 2. The number of carbonyl (C=O) groups excluding carboxylic acids is 1. The number of rotatable bonds is 6. The highest BCUT2D eigenvalue weighted by atomic mass is 16.5. The fourth-order valence-corrected chi connectivity index (χ4v) is 1.13. The van der Waals surface area contributed by atoms with Crippen LogP contribution in [0.4, 0.5) is 0 Å². The number of carboxylic acid groups (broad SMARTS) is 1. The second kappa shape index (κ2) is 6.61. The van der Waals surface area contributed by atoms with Crippen LogP contribution in [0.2, 0.25) is 0 Å². The van der Waals surface area contributed by atoms with Gasteiger partial charge >= 0.3 is 5.97 Å². The first kappa shape index (κ1) is 14.0. The van der Waals surface area contributed by atoms with Crippen molar-refractivity contribution in [2.24, 2.45) is 0 Å². The summed E-state index contributed by atoms with van der Waals surface area (Å²) in [7, 11) is 0. The number of aliphatic hydroxyl groups is 1. The van der Waals surface area contributed by atoms with Crippen LogP contribution in [0, 0.1) is 6.92 Å². The van der Waals surface area contributed by atoms with Crippen molar-refractivity contribution in [2.75, 3.05) is 13.2 Å². The molecule has 1 rings (SSSR count). The van der Waals surface area contributed by atoms with Crippen molar-refractivity contribution in [3.8, 4) is 5.75 Å². The van der Waals surface area contributed by atoms with Gasteiger partial charge in [0, 0.05) is 0 Å². The lowest BCUT2D eigenvalue weighted by Crippen LogP contribution is -2.38. The lowest BCUT2D eigenvalue weighted by molar-refractivity contribution is -0.146. The highest BCUT2D eigenvalue weighted by Crippen LogP contribution is 2.10. The van der Waals surface area contributed by atoms with Crippen LogP contribution in [-0.2, 0) is 9.59 Å². The Hall–Kier alpha value is -2.08. The molecule has 1 amide bonds. The van der Waals surface area contributed by atoms with Crippen LogP contribution >= 0.6 is 0 Å². The molecule has 0 saturated carbocycles. The Kier molecular flexibility index (Phi) is 5.13. The van der Waals surface area contributed by atoms with E-state index in [4.69, 9.17) is 14.9 Å². The Balaban J connectivity index is 2.29. The average Bonchev–Trinajstić information content (AvgIpc) is 2.35. The maximum absolute atomic E-state index is 11.3. The van der Waals surface area contributed by atoms with Crippen LogP contribution in [0.25, 0.3) is 0 Å². The Bertz CT molecular complexity index is 415. The zero-order valence-electron chi connectivity index (χ0n) is 9.92. The minimum Gasteiger partial charge on any atom is -0.484 e. The summed E-state index contributed by atoms with van der Waals surface area (Å²) < 4.78 is 5.17. The number of carboxylic acids is 1. The third-order valence-corrected chi connectivity index (χ3v) is 2.17. The van der Waals surface area contributed by atoms with Crippen LogP contribution in [0.15, 0.2) is 24.3 Å². The molecule has 0 aliphatic carbocycles. The summed E-state index contributed by atoms with van der Waals surface area (Å²) in [5.41, 5.74) is 1.08. The van der Waals surface area contributed by atoms with E-state index in [0.717, 1.165) is 5.56 Å². The van der Waals surface area contributed by atoms with Gasteiger partial charge in [-0.25, -0.2) is 4.79 Å². The van der Waals surface area contributed by atoms with Gasteiger partial charge in [-0.3, -0.25) is 4.79 Å². The lowest BCUT2D eigenvalue weighted by Gasteiger charge is -2.09. The van der Waals surface area contributed by atoms with Gasteiger partial charge in [0.05, 0.1) is 6.54 Å². The number of amides is 1. The molecule has 0 bridgehead atoms. The summed E-state index contributed by atoms with van der Waals surface area (Å²) in [6.07, 6.45) is -1.60. The van der Waals surface area contributed by atoms with Crippen molar-refractivity contribution in [2.45, 2.75) is 13.0 Å². The van der Waals surface area contributed by atoms with E-state index in [2.05, 4.69) is 5.32 Å². The predicted molar refractivity (Wildman–Crippen MR) is 63.3 cm³/mol. The number of hydrogen-bond donors (Lipinski definition) is 3. The normalized spacial score (nSPS) is 11.7. The standard InChI is InChI=1S/C12H15NO5/c1-8-2-4-9(5-3-8)18-7-11(15)13-6-10(14)12(16)17/h2-5,10,14H,6-7H2,1H3,(H,13,15)(H,16,17). The van der Waals surface area contributed by atoms with Crippen LogP contribution in [0.3, 0.4) is 0 Å². The fourth-order valence-electron chi connectivity index (χ4n) is 1.13. The van der Waals surface area contributed by atoms with Crippen LogP contribution in [0.1, 0.15) is 5.56 Å². The molecule has 0 aliphatic rings. The van der Waals surface area contributed by atoms with E-state index in [1.54, 1.807) is 12.1 Å². The largest absolute Gasteiger partial charge is 0.484 e. The first-order valence-electron chi connectivity index (χ1n) is 5.36. The number of aryl methyl sites for hydroxylation is 1. The average molecular weight is 253 g/mol. The van der Waals surface area contributed by atoms with Crippen LogP contribution < -0.4 is 10.1 Å². The van der Waals surface area contributed by atoms with E-state index in [1.165, 1.54) is 0 Å². The Morgan fingerprint density at radius 2 is 1.94 bits per heavy atom. The molecule has 0 spiro atoms. The molecule has 1 aromatic rings. The molecule has 0 aromatic heterocycles. The SMILES string of the molecule is Cc1ccc(OCC(=O)NCC(O)C(=O)O)cc1. The van der Waals surface area contributed by atoms with E-state index in [-0.39, 0.29) is 13.2 Å². The highest BCUT2D eigenvalue weighted by Gasteiger charge is 2.14. The first-order valence-corrected chi connectivity index (χ1v) is 5.36. The number of nitrogens with one attached hydrogen (secondary N) is 1. The third kappa shape index (κ3) is 4.84. The topological polar surface area (TPSA) is 95.9 Å². The van der Waals surface area contributed by atoms with Gasteiger partial charge in [-0.15, -0.1) is 0 Å². The molecule has 0 radical (unpaired) electrons. The van der Waals surface area contributed by atoms with Gasteiger partial charge in [0.25, 0.3) is 5.91 Å². The second-order valence-electron chi connectivity index (χ2n) is 3.76. The molecular formula is C12H15NO5. The Morgan fingerprint density at radius 1 is 1.33 bits per heavy atom. The fraction of sp³-hybridized carbons (Fsp3) is 0.333. The van der Waals surface area contributed by atoms with Crippen molar-refractivity contribution < 1.29 is 24.5 Å². The van der Waals surface area contributed by atoms with Crippen molar-refractivity contribution in [3.63, 3.8) is 0 Å². The molecule has 0 fully saturated rings. The highest BCUT2D eigenvalue weighted by molar-refractivity contribution is 5.79. The molecule has 18 heavy (non-hydrogen) atoms. The van der Waals surface area contributed by atoms with Gasteiger partial charge in [-0.2, -0.15) is 0 Å². The minimum absolute atomic E-state index is 0.227. The summed E-state index contributed by atoms with van der Waals surface area (Å²) in [6, 6.07) is 7.16. The molecule has 6 nitrogen and oxygen atoms in total. The molecule has 0 aliphatic heterocycles. The van der Waals surface area contributed by atoms with E-state index < -0.39 is 18.0 Å². The van der Waals surface area contributed by atoms with Gasteiger partial charge in [0.2, 0.25) is 0 Å². The van der Waals surface area contributed by atoms with E-state index >= 15 is 0 Å². The maximum atomic E-state index is 11.3. The summed E-state index contributed by atoms with van der Waals surface area (Å²) in [4.78, 5) is 21.6. The van der Waals surface area contributed by atoms with E-state index in [1.807, 2.05) is 19.1 Å². The summed E-state index contributed by atoms with van der Waals surface area (Å²) in [6.45, 7) is 1.37. The molecule has 0 heterocycles. The number of benzene rings is 1. The lowest BCUT2D eigenvalue weighted by atomic mass is 10.2. The molecular weight excluding hydrogens is 238 g/mol. The minimum atomic E-state index is -1.60. The molecule has 98 valence electrons. The number of aliphatic carboxylic acids is 1. The van der Waals surface area contributed by atoms with Gasteiger partial charge in [0.15, 0.2) is 12.7 Å². The monoisotopic (exact) mass is 253 g/mol. The number of hydrogen-bond acceptors (Lipinski definition) is 4. The van der Waals surface area contributed by atoms with Crippen molar-refractivity contribution in [3.05, 3.63) is 29.8 Å². The molecule has 6 heteroatoms. The van der Waals surface area contributed by atoms with Crippen molar-refractivity contribution in [1.82, 2.24) is 5.32 Å².